The first-order chi connectivity index (χ1) is 12.3. The van der Waals surface area contributed by atoms with E-state index >= 15 is 0 Å². The topological polar surface area (TPSA) is 104 Å². The number of fused-ring (bicyclic) bond motifs is 1. The fraction of sp³-hybridized carbons (Fsp3) is 0.556. The van der Waals surface area contributed by atoms with Gasteiger partial charge in [0.25, 0.3) is 5.91 Å². The zero-order valence-electron chi connectivity index (χ0n) is 14.8. The third-order valence-corrected chi connectivity index (χ3v) is 7.01. The van der Waals surface area contributed by atoms with Crippen molar-refractivity contribution >= 4 is 21.9 Å². The van der Waals surface area contributed by atoms with E-state index in [1.54, 1.807) is 36.1 Å². The Morgan fingerprint density at radius 1 is 1.31 bits per heavy atom. The number of carboxylic acid groups (broad SMARTS) is 1. The number of hydrogen-bond acceptors (Lipinski definition) is 4. The zero-order chi connectivity index (χ0) is 18.9. The Morgan fingerprint density at radius 2 is 2.00 bits per heavy atom. The summed E-state index contributed by atoms with van der Waals surface area (Å²) in [5, 5.41) is 9.63. The van der Waals surface area contributed by atoms with E-state index in [0.29, 0.717) is 18.5 Å². The molecule has 0 radical (unpaired) electrons. The van der Waals surface area contributed by atoms with Crippen LogP contribution in [-0.2, 0) is 21.4 Å². The summed E-state index contributed by atoms with van der Waals surface area (Å²) < 4.78 is 25.4. The summed E-state index contributed by atoms with van der Waals surface area (Å²) in [6.07, 6.45) is 2.39. The Bertz CT molecular complexity index is 805. The molecule has 1 saturated carbocycles. The van der Waals surface area contributed by atoms with E-state index in [2.05, 4.69) is 4.72 Å². The molecule has 2 atom stereocenters. The lowest BCUT2D eigenvalue weighted by Crippen LogP contribution is -2.37. The van der Waals surface area contributed by atoms with Crippen molar-refractivity contribution in [1.82, 2.24) is 9.62 Å². The molecular formula is C18H24N2O5S. The van der Waals surface area contributed by atoms with Gasteiger partial charge in [-0.1, -0.05) is 18.6 Å². The SMILES string of the molecule is CCS(=O)(=O)NCc1ccc(C(=O)N2C[C@@H]3CCC[C@@]3(C(=O)O)C2)cc1. The molecule has 1 aliphatic carbocycles. The van der Waals surface area contributed by atoms with Crippen LogP contribution in [0.5, 0.6) is 0 Å². The molecule has 2 fully saturated rings. The minimum absolute atomic E-state index is 0.0189. The van der Waals surface area contributed by atoms with Crippen LogP contribution in [0.1, 0.15) is 42.1 Å². The van der Waals surface area contributed by atoms with Gasteiger partial charge in [-0.25, -0.2) is 13.1 Å². The Balaban J connectivity index is 1.67. The highest BCUT2D eigenvalue weighted by Crippen LogP contribution is 2.49. The second-order valence-corrected chi connectivity index (χ2v) is 9.25. The molecule has 1 amide bonds. The second kappa shape index (κ2) is 7.00. The Morgan fingerprint density at radius 3 is 2.58 bits per heavy atom. The fourth-order valence-corrected chi connectivity index (χ4v) is 4.63. The van der Waals surface area contributed by atoms with Crippen molar-refractivity contribution in [3.63, 3.8) is 0 Å². The molecule has 0 spiro atoms. The van der Waals surface area contributed by atoms with Crippen molar-refractivity contribution in [3.8, 4) is 0 Å². The van der Waals surface area contributed by atoms with Crippen molar-refractivity contribution in [3.05, 3.63) is 35.4 Å². The molecule has 2 aliphatic rings. The van der Waals surface area contributed by atoms with Crippen LogP contribution in [0, 0.1) is 11.3 Å². The van der Waals surface area contributed by atoms with Crippen molar-refractivity contribution in [2.24, 2.45) is 11.3 Å². The van der Waals surface area contributed by atoms with Crippen LogP contribution in [0.4, 0.5) is 0 Å². The number of carbonyl (C=O) groups excluding carboxylic acids is 1. The van der Waals surface area contributed by atoms with Crippen molar-refractivity contribution < 1.29 is 23.1 Å². The molecule has 1 saturated heterocycles. The number of carbonyl (C=O) groups is 2. The molecular weight excluding hydrogens is 356 g/mol. The van der Waals surface area contributed by atoms with Gasteiger partial charge in [0, 0.05) is 25.2 Å². The summed E-state index contributed by atoms with van der Waals surface area (Å²) in [5.41, 5.74) is 0.472. The van der Waals surface area contributed by atoms with E-state index in [1.807, 2.05) is 0 Å². The molecule has 0 aromatic heterocycles. The summed E-state index contributed by atoms with van der Waals surface area (Å²) >= 11 is 0. The van der Waals surface area contributed by atoms with Crippen LogP contribution in [-0.4, -0.2) is 49.1 Å². The molecule has 7 nitrogen and oxygen atoms in total. The Hall–Kier alpha value is -1.93. The van der Waals surface area contributed by atoms with Crippen LogP contribution in [0.2, 0.25) is 0 Å². The summed E-state index contributed by atoms with van der Waals surface area (Å²) in [5.74, 6) is -0.911. The highest BCUT2D eigenvalue weighted by atomic mass is 32.2. The molecule has 1 aromatic rings. The molecule has 8 heteroatoms. The van der Waals surface area contributed by atoms with Crippen molar-refractivity contribution in [2.75, 3.05) is 18.8 Å². The van der Waals surface area contributed by atoms with Gasteiger partial charge in [-0.2, -0.15) is 0 Å². The summed E-state index contributed by atoms with van der Waals surface area (Å²) in [7, 11) is -3.26. The molecule has 2 N–H and O–H groups in total. The molecule has 142 valence electrons. The number of amides is 1. The van der Waals surface area contributed by atoms with Gasteiger partial charge in [0.1, 0.15) is 0 Å². The van der Waals surface area contributed by atoms with Crippen LogP contribution in [0.3, 0.4) is 0 Å². The van der Waals surface area contributed by atoms with Crippen LogP contribution < -0.4 is 4.72 Å². The first-order valence-corrected chi connectivity index (χ1v) is 10.5. The predicted molar refractivity (Wildman–Crippen MR) is 96.1 cm³/mol. The number of likely N-dealkylation sites (tertiary alicyclic amines) is 1. The number of nitrogens with one attached hydrogen (secondary N) is 1. The van der Waals surface area contributed by atoms with Gasteiger partial charge in [0.2, 0.25) is 10.0 Å². The maximum Gasteiger partial charge on any atom is 0.311 e. The van der Waals surface area contributed by atoms with Gasteiger partial charge in [-0.05, 0) is 43.4 Å². The molecule has 0 unspecified atom stereocenters. The maximum atomic E-state index is 12.7. The van der Waals surface area contributed by atoms with Crippen molar-refractivity contribution in [1.29, 1.82) is 0 Å². The molecule has 0 bridgehead atoms. The normalized spacial score (nSPS) is 25.3. The first-order valence-electron chi connectivity index (χ1n) is 8.86. The second-order valence-electron chi connectivity index (χ2n) is 7.16. The zero-order valence-corrected chi connectivity index (χ0v) is 15.6. The number of aliphatic carboxylic acids is 1. The van der Waals surface area contributed by atoms with E-state index in [4.69, 9.17) is 0 Å². The van der Waals surface area contributed by atoms with Crippen molar-refractivity contribution in [2.45, 2.75) is 32.7 Å². The molecule has 1 aliphatic heterocycles. The minimum Gasteiger partial charge on any atom is -0.481 e. The van der Waals surface area contributed by atoms with Gasteiger partial charge in [-0.3, -0.25) is 9.59 Å². The smallest absolute Gasteiger partial charge is 0.311 e. The average molecular weight is 380 g/mol. The van der Waals surface area contributed by atoms with E-state index in [-0.39, 0.29) is 30.7 Å². The highest BCUT2D eigenvalue weighted by Gasteiger charge is 2.55. The van der Waals surface area contributed by atoms with E-state index in [9.17, 15) is 23.1 Å². The number of benzene rings is 1. The lowest BCUT2D eigenvalue weighted by Gasteiger charge is -2.23. The summed E-state index contributed by atoms with van der Waals surface area (Å²) in [6, 6.07) is 6.77. The number of hydrogen-bond donors (Lipinski definition) is 2. The summed E-state index contributed by atoms with van der Waals surface area (Å²) in [4.78, 5) is 26.1. The molecule has 1 aromatic carbocycles. The molecule has 26 heavy (non-hydrogen) atoms. The van der Waals surface area contributed by atoms with E-state index < -0.39 is 21.4 Å². The van der Waals surface area contributed by atoms with Gasteiger partial charge < -0.3 is 10.0 Å². The molecule has 3 rings (SSSR count). The summed E-state index contributed by atoms with van der Waals surface area (Å²) in [6.45, 7) is 2.50. The van der Waals surface area contributed by atoms with Gasteiger partial charge in [0.05, 0.1) is 11.2 Å². The largest absolute Gasteiger partial charge is 0.481 e. The maximum absolute atomic E-state index is 12.7. The minimum atomic E-state index is -3.26. The molecule has 1 heterocycles. The monoisotopic (exact) mass is 380 g/mol. The third kappa shape index (κ3) is 3.48. The lowest BCUT2D eigenvalue weighted by molar-refractivity contribution is -0.149. The number of rotatable bonds is 6. The van der Waals surface area contributed by atoms with Gasteiger partial charge in [-0.15, -0.1) is 0 Å². The van der Waals surface area contributed by atoms with E-state index in [0.717, 1.165) is 18.4 Å². The van der Waals surface area contributed by atoms with Crippen LogP contribution in [0.25, 0.3) is 0 Å². The first kappa shape index (κ1) is 18.8. The third-order valence-electron chi connectivity index (χ3n) is 5.66. The van der Waals surface area contributed by atoms with Gasteiger partial charge in [0.15, 0.2) is 0 Å². The van der Waals surface area contributed by atoms with E-state index in [1.165, 1.54) is 0 Å². The van der Waals surface area contributed by atoms with Crippen LogP contribution >= 0.6 is 0 Å². The van der Waals surface area contributed by atoms with Gasteiger partial charge >= 0.3 is 5.97 Å². The predicted octanol–water partition coefficient (Wildman–Crippen LogP) is 1.45. The highest BCUT2D eigenvalue weighted by molar-refractivity contribution is 7.89. The standard InChI is InChI=1S/C18H24N2O5S/c1-2-26(24,25)19-10-13-5-7-14(8-6-13)16(21)20-11-15-4-3-9-18(15,12-20)17(22)23/h5-8,15,19H,2-4,9-12H2,1H3,(H,22,23)/t15-,18+/m0/s1. The Kier molecular flexibility index (Phi) is 5.07. The number of nitrogens with zero attached hydrogens (tertiary/aromatic N) is 1. The number of sulfonamides is 1. The average Bonchev–Trinajstić information content (AvgIpc) is 3.18. The Labute approximate surface area is 153 Å². The van der Waals surface area contributed by atoms with Crippen LogP contribution in [0.15, 0.2) is 24.3 Å². The quantitative estimate of drug-likeness (QED) is 0.777. The fourth-order valence-electron chi connectivity index (χ4n) is 4.04. The lowest BCUT2D eigenvalue weighted by atomic mass is 9.81. The number of carboxylic acids is 1.